The highest BCUT2D eigenvalue weighted by atomic mass is 16.5. The highest BCUT2D eigenvalue weighted by Crippen LogP contribution is 2.45. The lowest BCUT2D eigenvalue weighted by molar-refractivity contribution is -0.160. The summed E-state index contributed by atoms with van der Waals surface area (Å²) in [5.74, 6) is 0.202. The van der Waals surface area contributed by atoms with Gasteiger partial charge in [-0.3, -0.25) is 9.59 Å². The molecule has 0 amide bonds. The summed E-state index contributed by atoms with van der Waals surface area (Å²) in [7, 11) is 0. The summed E-state index contributed by atoms with van der Waals surface area (Å²) in [6.07, 6.45) is 7.75. The first-order valence-corrected chi connectivity index (χ1v) is 9.84. The predicted molar refractivity (Wildman–Crippen MR) is 100 cm³/mol. The van der Waals surface area contributed by atoms with Crippen molar-refractivity contribution in [2.45, 2.75) is 79.6 Å². The molecular formula is C21H36O4. The van der Waals surface area contributed by atoms with Crippen LogP contribution in [0.2, 0.25) is 0 Å². The summed E-state index contributed by atoms with van der Waals surface area (Å²) in [6.45, 7) is 11.2. The van der Waals surface area contributed by atoms with Gasteiger partial charge in [-0.25, -0.2) is 0 Å². The highest BCUT2D eigenvalue weighted by molar-refractivity contribution is 5.70. The summed E-state index contributed by atoms with van der Waals surface area (Å²) in [4.78, 5) is 24.0. The van der Waals surface area contributed by atoms with Crippen molar-refractivity contribution in [1.29, 1.82) is 0 Å². The van der Waals surface area contributed by atoms with Gasteiger partial charge in [-0.15, -0.1) is 0 Å². The molecule has 0 spiro atoms. The number of esters is 2. The molecule has 0 heterocycles. The van der Waals surface area contributed by atoms with Gasteiger partial charge in [0.05, 0.1) is 0 Å². The summed E-state index contributed by atoms with van der Waals surface area (Å²) in [5, 5.41) is 0. The van der Waals surface area contributed by atoms with Crippen LogP contribution in [0.4, 0.5) is 0 Å². The minimum Gasteiger partial charge on any atom is -0.465 e. The summed E-state index contributed by atoms with van der Waals surface area (Å²) >= 11 is 0. The molecule has 4 nitrogen and oxygen atoms in total. The molecule has 1 rings (SSSR count). The van der Waals surface area contributed by atoms with E-state index < -0.39 is 0 Å². The molecule has 1 aliphatic carbocycles. The normalized spacial score (nSPS) is 22.2. The van der Waals surface area contributed by atoms with Crippen LogP contribution in [0.5, 0.6) is 0 Å². The van der Waals surface area contributed by atoms with Gasteiger partial charge >= 0.3 is 11.9 Å². The second-order valence-corrected chi connectivity index (χ2v) is 7.67. The van der Waals surface area contributed by atoms with Crippen molar-refractivity contribution < 1.29 is 19.1 Å². The maximum absolute atomic E-state index is 12.0. The van der Waals surface area contributed by atoms with Crippen molar-refractivity contribution in [1.82, 2.24) is 0 Å². The average molecular weight is 353 g/mol. The molecule has 144 valence electrons. The fraction of sp³-hybridized carbons (Fsp3) is 0.810. The van der Waals surface area contributed by atoms with Crippen molar-refractivity contribution in [3.05, 3.63) is 11.6 Å². The first-order chi connectivity index (χ1) is 11.9. The number of ether oxygens (including phenoxy) is 2. The van der Waals surface area contributed by atoms with Gasteiger partial charge < -0.3 is 9.47 Å². The molecule has 0 radical (unpaired) electrons. The monoisotopic (exact) mass is 352 g/mol. The number of allylic oxidation sites excluding steroid dienone is 2. The van der Waals surface area contributed by atoms with Gasteiger partial charge in [-0.2, -0.15) is 0 Å². The molecule has 0 saturated heterocycles. The van der Waals surface area contributed by atoms with Crippen molar-refractivity contribution >= 4 is 11.9 Å². The van der Waals surface area contributed by atoms with E-state index in [2.05, 4.69) is 40.7 Å². The van der Waals surface area contributed by atoms with E-state index in [4.69, 9.17) is 9.47 Å². The molecule has 0 bridgehead atoms. The molecule has 0 aliphatic heterocycles. The Kier molecular flexibility index (Phi) is 9.23. The van der Waals surface area contributed by atoms with Gasteiger partial charge in [-0.1, -0.05) is 52.2 Å². The lowest BCUT2D eigenvalue weighted by Crippen LogP contribution is -2.46. The van der Waals surface area contributed by atoms with Crippen LogP contribution in [0.25, 0.3) is 0 Å². The number of hydrogen-bond donors (Lipinski definition) is 0. The second kappa shape index (κ2) is 10.6. The molecule has 0 unspecified atom stereocenters. The van der Waals surface area contributed by atoms with Gasteiger partial charge in [0.15, 0.2) is 0 Å². The van der Waals surface area contributed by atoms with E-state index in [-0.39, 0.29) is 23.3 Å². The molecule has 1 aliphatic rings. The van der Waals surface area contributed by atoms with E-state index in [1.807, 2.05) is 0 Å². The van der Waals surface area contributed by atoms with Crippen LogP contribution < -0.4 is 0 Å². The number of carbonyl (C=O) groups excluding carboxylic acids is 2. The quantitative estimate of drug-likeness (QED) is 0.407. The minimum atomic E-state index is -0.330. The van der Waals surface area contributed by atoms with Crippen LogP contribution in [0, 0.1) is 17.3 Å². The topological polar surface area (TPSA) is 52.6 Å². The number of carbonyl (C=O) groups is 2. The number of rotatable bonds is 10. The van der Waals surface area contributed by atoms with Crippen LogP contribution >= 0.6 is 0 Å². The third-order valence-electron chi connectivity index (χ3n) is 5.52. The summed E-state index contributed by atoms with van der Waals surface area (Å²) in [6, 6.07) is 0. The smallest absolute Gasteiger partial charge is 0.305 e. The first-order valence-electron chi connectivity index (χ1n) is 9.84. The Balaban J connectivity index is 2.80. The third-order valence-corrected chi connectivity index (χ3v) is 5.52. The number of unbranched alkanes of at least 4 members (excludes halogenated alkanes) is 2. The minimum absolute atomic E-state index is 0.149. The molecule has 0 fully saturated rings. The molecule has 0 saturated carbocycles. The van der Waals surface area contributed by atoms with Gasteiger partial charge in [-0.05, 0) is 38.0 Å². The van der Waals surface area contributed by atoms with Gasteiger partial charge in [0.25, 0.3) is 0 Å². The van der Waals surface area contributed by atoms with Gasteiger partial charge in [0.2, 0.25) is 0 Å². The fourth-order valence-corrected chi connectivity index (χ4v) is 3.60. The molecule has 2 atom stereocenters. The Labute approximate surface area is 153 Å². The lowest BCUT2D eigenvalue weighted by atomic mass is 9.63. The van der Waals surface area contributed by atoms with E-state index in [0.29, 0.717) is 32.0 Å². The van der Waals surface area contributed by atoms with E-state index in [0.717, 1.165) is 32.1 Å². The third kappa shape index (κ3) is 6.48. The van der Waals surface area contributed by atoms with Crippen LogP contribution in [0.1, 0.15) is 79.6 Å². The Morgan fingerprint density at radius 1 is 1.04 bits per heavy atom. The van der Waals surface area contributed by atoms with Gasteiger partial charge in [0, 0.05) is 18.3 Å². The Hall–Kier alpha value is -1.32. The molecule has 0 aromatic carbocycles. The Morgan fingerprint density at radius 2 is 1.52 bits per heavy atom. The Morgan fingerprint density at radius 3 is 1.92 bits per heavy atom. The summed E-state index contributed by atoms with van der Waals surface area (Å²) < 4.78 is 11.2. The maximum Gasteiger partial charge on any atom is 0.305 e. The molecular weight excluding hydrogens is 316 g/mol. The number of hydrogen-bond acceptors (Lipinski definition) is 4. The van der Waals surface area contributed by atoms with E-state index >= 15 is 0 Å². The molecule has 0 aromatic rings. The largest absolute Gasteiger partial charge is 0.465 e. The van der Waals surface area contributed by atoms with Crippen molar-refractivity contribution in [2.24, 2.45) is 17.3 Å². The fourth-order valence-electron chi connectivity index (χ4n) is 3.60. The first kappa shape index (κ1) is 21.7. The Bertz CT molecular complexity index is 443. The van der Waals surface area contributed by atoms with Gasteiger partial charge in [0.1, 0.15) is 13.2 Å². The summed E-state index contributed by atoms with van der Waals surface area (Å²) in [5.41, 5.74) is 1.02. The van der Waals surface area contributed by atoms with Crippen LogP contribution in [-0.2, 0) is 19.1 Å². The molecule has 25 heavy (non-hydrogen) atoms. The lowest BCUT2D eigenvalue weighted by Gasteiger charge is -2.45. The van der Waals surface area contributed by atoms with Crippen molar-refractivity contribution in [3.63, 3.8) is 0 Å². The molecule has 0 aromatic heterocycles. The molecule has 0 N–H and O–H groups in total. The molecule has 4 heteroatoms. The van der Waals surface area contributed by atoms with Crippen LogP contribution in [0.3, 0.4) is 0 Å². The zero-order valence-electron chi connectivity index (χ0n) is 16.7. The average Bonchev–Trinajstić information content (AvgIpc) is 2.57. The zero-order chi connectivity index (χ0) is 18.9. The maximum atomic E-state index is 12.0. The van der Waals surface area contributed by atoms with Crippen molar-refractivity contribution in [3.8, 4) is 0 Å². The van der Waals surface area contributed by atoms with Crippen LogP contribution in [0.15, 0.2) is 11.6 Å². The highest BCUT2D eigenvalue weighted by Gasteiger charge is 2.45. The predicted octanol–water partition coefficient (Wildman–Crippen LogP) is 5.06. The van der Waals surface area contributed by atoms with E-state index in [9.17, 15) is 9.59 Å². The van der Waals surface area contributed by atoms with Crippen LogP contribution in [-0.4, -0.2) is 25.2 Å². The van der Waals surface area contributed by atoms with Crippen molar-refractivity contribution in [2.75, 3.05) is 13.2 Å². The SMILES string of the molecule is CCCCC(=O)OCC1(COC(=O)CCCC)[C@@H](C)C=C(C)C[C@@H]1C. The zero-order valence-corrected chi connectivity index (χ0v) is 16.7. The standard InChI is InChI=1S/C21H36O4/c1-6-8-10-19(22)24-14-21(15-25-20(23)11-9-7-2)17(4)12-16(3)13-18(21)5/h12,17-18H,6-11,13-15H2,1-5H3/t17-,18-/m0/s1. The van der Waals surface area contributed by atoms with E-state index in [1.165, 1.54) is 5.57 Å². The van der Waals surface area contributed by atoms with E-state index in [1.54, 1.807) is 0 Å². The second-order valence-electron chi connectivity index (χ2n) is 7.67.